The molecule has 0 amide bonds. The Morgan fingerprint density at radius 3 is 1.15 bits per heavy atom. The number of halogens is 1. The van der Waals surface area contributed by atoms with Gasteiger partial charge in [0.2, 0.25) is 0 Å². The van der Waals surface area contributed by atoms with Crippen molar-refractivity contribution in [2.24, 2.45) is 0 Å². The molecule has 0 radical (unpaired) electrons. The second-order valence-electron chi connectivity index (χ2n) is 3.75. The maximum atomic E-state index is 9.10. The van der Waals surface area contributed by atoms with Gasteiger partial charge in [0.05, 0.1) is 11.2 Å². The van der Waals surface area contributed by atoms with Crippen molar-refractivity contribution >= 4 is 29.7 Å². The first-order valence-corrected chi connectivity index (χ1v) is 5.41. The molecule has 0 aromatic rings. The van der Waals surface area contributed by atoms with Crippen molar-refractivity contribution in [1.29, 1.82) is 0 Å². The molecular formula is C7H18BIO4. The molecule has 0 aliphatic rings. The normalized spacial score (nSPS) is 11.8. The van der Waals surface area contributed by atoms with Crippen LogP contribution < -0.4 is 0 Å². The highest BCUT2D eigenvalue weighted by Crippen LogP contribution is 2.19. The van der Waals surface area contributed by atoms with Gasteiger partial charge in [-0.15, -0.1) is 0 Å². The highest BCUT2D eigenvalue weighted by atomic mass is 127. The van der Waals surface area contributed by atoms with Crippen LogP contribution in [0.1, 0.15) is 27.7 Å². The zero-order valence-corrected chi connectivity index (χ0v) is 10.6. The molecule has 0 bridgehead atoms. The lowest BCUT2D eigenvalue weighted by atomic mass is 9.90. The molecule has 0 aliphatic heterocycles. The van der Waals surface area contributed by atoms with E-state index < -0.39 is 18.3 Å². The van der Waals surface area contributed by atoms with Gasteiger partial charge in [-0.1, -0.05) is 22.6 Å². The largest absolute Gasteiger partial charge is 0.461 e. The fourth-order valence-electron chi connectivity index (χ4n) is 0. The molecule has 0 saturated carbocycles. The molecule has 0 spiro atoms. The van der Waals surface area contributed by atoms with E-state index in [1.54, 1.807) is 27.7 Å². The van der Waals surface area contributed by atoms with Gasteiger partial charge < -0.3 is 20.3 Å². The van der Waals surface area contributed by atoms with Crippen LogP contribution in [0.5, 0.6) is 0 Å². The summed E-state index contributed by atoms with van der Waals surface area (Å²) in [5.74, 6) is 0. The van der Waals surface area contributed by atoms with Crippen molar-refractivity contribution in [2.75, 3.05) is 4.33 Å². The fraction of sp³-hybridized carbons (Fsp3) is 1.00. The van der Waals surface area contributed by atoms with Crippen molar-refractivity contribution in [3.8, 4) is 0 Å². The second-order valence-corrected chi connectivity index (χ2v) is 4.63. The van der Waals surface area contributed by atoms with Crippen LogP contribution in [-0.4, -0.2) is 42.9 Å². The number of rotatable bonds is 2. The Morgan fingerprint density at radius 1 is 1.00 bits per heavy atom. The first kappa shape index (κ1) is 16.1. The van der Waals surface area contributed by atoms with Gasteiger partial charge in [-0.3, -0.25) is 0 Å². The first-order chi connectivity index (χ1) is 5.52. The summed E-state index contributed by atoms with van der Waals surface area (Å²) in [6.45, 7) is 6.31. The van der Waals surface area contributed by atoms with Crippen LogP contribution in [0.4, 0.5) is 0 Å². The van der Waals surface area contributed by atoms with E-state index in [-0.39, 0.29) is 0 Å². The summed E-state index contributed by atoms with van der Waals surface area (Å²) in [7, 11) is -1.13. The SMILES string of the molecule is CC(C)(O)C(C)(C)O.OB(O)CI. The van der Waals surface area contributed by atoms with E-state index in [4.69, 9.17) is 20.3 Å². The monoisotopic (exact) mass is 304 g/mol. The van der Waals surface area contributed by atoms with Crippen molar-refractivity contribution in [1.82, 2.24) is 0 Å². The van der Waals surface area contributed by atoms with Crippen LogP contribution in [-0.2, 0) is 0 Å². The Kier molecular flexibility index (Phi) is 7.65. The molecule has 0 fully saturated rings. The van der Waals surface area contributed by atoms with Crippen molar-refractivity contribution in [3.05, 3.63) is 0 Å². The number of aliphatic hydroxyl groups is 2. The summed E-state index contributed by atoms with van der Waals surface area (Å²) in [5.41, 5.74) is -2.01. The fourth-order valence-corrected chi connectivity index (χ4v) is 0. The summed E-state index contributed by atoms with van der Waals surface area (Å²) >= 11 is 1.88. The molecular weight excluding hydrogens is 286 g/mol. The molecule has 80 valence electrons. The molecule has 0 rings (SSSR count). The third-order valence-corrected chi connectivity index (χ3v) is 2.42. The molecule has 13 heavy (non-hydrogen) atoms. The number of alkyl halides is 1. The molecule has 4 N–H and O–H groups in total. The summed E-state index contributed by atoms with van der Waals surface area (Å²) in [4.78, 5) is 0. The Labute approximate surface area is 93.3 Å². The topological polar surface area (TPSA) is 80.9 Å². The van der Waals surface area contributed by atoms with Crippen LogP contribution >= 0.6 is 22.6 Å². The lowest BCUT2D eigenvalue weighted by Crippen LogP contribution is -2.44. The van der Waals surface area contributed by atoms with Crippen LogP contribution in [0.3, 0.4) is 0 Å². The minimum atomic E-state index is -1.13. The molecule has 0 aromatic carbocycles. The average molecular weight is 304 g/mol. The number of hydrogen-bond donors (Lipinski definition) is 4. The van der Waals surface area contributed by atoms with Crippen LogP contribution in [0.25, 0.3) is 0 Å². The molecule has 0 unspecified atom stereocenters. The van der Waals surface area contributed by atoms with Crippen LogP contribution in [0, 0.1) is 0 Å². The molecule has 0 aromatic heterocycles. The van der Waals surface area contributed by atoms with E-state index in [9.17, 15) is 0 Å². The Balaban J connectivity index is 0. The highest BCUT2D eigenvalue weighted by Gasteiger charge is 2.31. The predicted octanol–water partition coefficient (Wildman–Crippen LogP) is -0.0384. The molecule has 6 heteroatoms. The van der Waals surface area contributed by atoms with Gasteiger partial charge in [-0.05, 0) is 27.7 Å². The minimum Gasteiger partial charge on any atom is -0.427 e. The van der Waals surface area contributed by atoms with E-state index in [1.807, 2.05) is 22.6 Å². The van der Waals surface area contributed by atoms with Crippen molar-refractivity contribution in [2.45, 2.75) is 38.9 Å². The van der Waals surface area contributed by atoms with Gasteiger partial charge in [0, 0.05) is 4.33 Å². The summed E-state index contributed by atoms with van der Waals surface area (Å²) in [6, 6.07) is 0. The molecule has 0 saturated heterocycles. The Hall–Kier alpha value is 0.635. The smallest absolute Gasteiger partial charge is 0.427 e. The third-order valence-electron chi connectivity index (χ3n) is 1.64. The van der Waals surface area contributed by atoms with E-state index in [0.29, 0.717) is 4.33 Å². The van der Waals surface area contributed by atoms with Crippen LogP contribution in [0.15, 0.2) is 0 Å². The standard InChI is InChI=1S/C6H14O2.CH4BIO2/c1-5(2,7)6(3,4)8;3-1-2(4)5/h7-8H,1-4H3;4-5H,1H2. The van der Waals surface area contributed by atoms with E-state index in [1.165, 1.54) is 0 Å². The maximum Gasteiger partial charge on any atom is 0.461 e. The summed E-state index contributed by atoms with van der Waals surface area (Å²) in [6.07, 6.45) is 0. The number of hydrogen-bond acceptors (Lipinski definition) is 4. The van der Waals surface area contributed by atoms with E-state index in [2.05, 4.69) is 0 Å². The quantitative estimate of drug-likeness (QED) is 0.328. The zero-order valence-electron chi connectivity index (χ0n) is 8.45. The summed E-state index contributed by atoms with van der Waals surface area (Å²) < 4.78 is 0.387. The Bertz CT molecular complexity index is 115. The lowest BCUT2D eigenvalue weighted by molar-refractivity contribution is -0.107. The van der Waals surface area contributed by atoms with Gasteiger partial charge in [0.1, 0.15) is 0 Å². The lowest BCUT2D eigenvalue weighted by Gasteiger charge is -2.31. The first-order valence-electron chi connectivity index (χ1n) is 3.89. The van der Waals surface area contributed by atoms with E-state index in [0.717, 1.165) is 0 Å². The van der Waals surface area contributed by atoms with Gasteiger partial charge in [0.15, 0.2) is 0 Å². The molecule has 0 atom stereocenters. The molecule has 4 nitrogen and oxygen atoms in total. The van der Waals surface area contributed by atoms with Crippen LogP contribution in [0.2, 0.25) is 0 Å². The average Bonchev–Trinajstić information content (AvgIpc) is 1.84. The highest BCUT2D eigenvalue weighted by molar-refractivity contribution is 14.1. The summed E-state index contributed by atoms with van der Waals surface area (Å²) in [5, 5.41) is 34.0. The van der Waals surface area contributed by atoms with Crippen molar-refractivity contribution in [3.63, 3.8) is 0 Å². The van der Waals surface area contributed by atoms with Gasteiger partial charge >= 0.3 is 7.12 Å². The minimum absolute atomic E-state index is 0.387. The molecule has 0 aliphatic carbocycles. The van der Waals surface area contributed by atoms with Gasteiger partial charge in [0.25, 0.3) is 0 Å². The zero-order chi connectivity index (χ0) is 11.3. The van der Waals surface area contributed by atoms with Gasteiger partial charge in [-0.25, -0.2) is 0 Å². The van der Waals surface area contributed by atoms with Crippen molar-refractivity contribution < 1.29 is 20.3 Å². The predicted molar refractivity (Wildman–Crippen MR) is 61.7 cm³/mol. The molecule has 0 heterocycles. The third kappa shape index (κ3) is 10.6. The van der Waals surface area contributed by atoms with E-state index >= 15 is 0 Å². The Morgan fingerprint density at radius 2 is 1.15 bits per heavy atom. The maximum absolute atomic E-state index is 9.10. The second kappa shape index (κ2) is 6.18. The van der Waals surface area contributed by atoms with Gasteiger partial charge in [-0.2, -0.15) is 0 Å².